The lowest BCUT2D eigenvalue weighted by molar-refractivity contribution is -0.147. The molecule has 36 heavy (non-hydrogen) atoms. The predicted octanol–water partition coefficient (Wildman–Crippen LogP) is 2.41. The number of aromatic nitrogens is 4. The van der Waals surface area contributed by atoms with Crippen molar-refractivity contribution in [1.82, 2.24) is 19.1 Å². The molecular formula is C26H33N5O5. The first-order valence-corrected chi connectivity index (χ1v) is 12.6. The number of fused-ring (bicyclic) bond motifs is 2. The number of benzene rings is 1. The quantitative estimate of drug-likeness (QED) is 0.432. The second-order valence-electron chi connectivity index (χ2n) is 9.55. The molecule has 0 fully saturated rings. The summed E-state index contributed by atoms with van der Waals surface area (Å²) in [4.78, 5) is 59.0. The SMILES string of the molecule is CCCCn1c(=O)[nH]c(=O)c2c1nc(CCC(=O)OCC(=O)N1CCc3ccccc31)n2CC(C)C. The predicted molar refractivity (Wildman–Crippen MR) is 136 cm³/mol. The number of anilines is 1. The van der Waals surface area contributed by atoms with Gasteiger partial charge in [-0.05, 0) is 30.4 Å². The highest BCUT2D eigenvalue weighted by molar-refractivity contribution is 5.97. The van der Waals surface area contributed by atoms with E-state index in [4.69, 9.17) is 4.74 Å². The molecule has 0 aliphatic carbocycles. The molecule has 10 heteroatoms. The molecule has 0 unspecified atom stereocenters. The van der Waals surface area contributed by atoms with Crippen molar-refractivity contribution in [3.05, 3.63) is 56.5 Å². The Labute approximate surface area is 208 Å². The number of H-pyrrole nitrogens is 1. The van der Waals surface area contributed by atoms with E-state index >= 15 is 0 Å². The Balaban J connectivity index is 1.48. The Hall–Kier alpha value is -3.69. The highest BCUT2D eigenvalue weighted by Gasteiger charge is 2.25. The summed E-state index contributed by atoms with van der Waals surface area (Å²) in [5.74, 6) is -0.0237. The van der Waals surface area contributed by atoms with E-state index in [9.17, 15) is 19.2 Å². The van der Waals surface area contributed by atoms with Gasteiger partial charge in [0, 0.05) is 31.7 Å². The summed E-state index contributed by atoms with van der Waals surface area (Å²) >= 11 is 0. The van der Waals surface area contributed by atoms with Crippen molar-refractivity contribution in [1.29, 1.82) is 0 Å². The van der Waals surface area contributed by atoms with Crippen LogP contribution in [-0.4, -0.2) is 44.1 Å². The van der Waals surface area contributed by atoms with E-state index in [0.717, 1.165) is 30.5 Å². The molecule has 0 saturated carbocycles. The normalized spacial score (nSPS) is 12.9. The summed E-state index contributed by atoms with van der Waals surface area (Å²) in [7, 11) is 0. The summed E-state index contributed by atoms with van der Waals surface area (Å²) in [6, 6.07) is 7.71. The minimum Gasteiger partial charge on any atom is -0.456 e. The third-order valence-corrected chi connectivity index (χ3v) is 6.35. The number of hydrogen-bond donors (Lipinski definition) is 1. The zero-order valence-corrected chi connectivity index (χ0v) is 21.1. The van der Waals surface area contributed by atoms with Crippen molar-refractivity contribution in [3.8, 4) is 0 Å². The fourth-order valence-electron chi connectivity index (χ4n) is 4.60. The maximum atomic E-state index is 12.7. The van der Waals surface area contributed by atoms with Gasteiger partial charge in [-0.25, -0.2) is 9.78 Å². The number of para-hydroxylation sites is 1. The van der Waals surface area contributed by atoms with Gasteiger partial charge in [-0.15, -0.1) is 0 Å². The number of nitrogens with zero attached hydrogens (tertiary/aromatic N) is 4. The largest absolute Gasteiger partial charge is 0.456 e. The number of carbonyl (C=O) groups is 2. The van der Waals surface area contributed by atoms with E-state index < -0.39 is 17.2 Å². The van der Waals surface area contributed by atoms with Gasteiger partial charge in [-0.2, -0.15) is 0 Å². The number of nitrogens with one attached hydrogen (secondary N) is 1. The Bertz CT molecular complexity index is 1380. The number of hydrogen-bond acceptors (Lipinski definition) is 6. The summed E-state index contributed by atoms with van der Waals surface area (Å²) in [5.41, 5.74) is 1.67. The Morgan fingerprint density at radius 2 is 1.94 bits per heavy atom. The number of rotatable bonds is 10. The first kappa shape index (κ1) is 25.4. The molecule has 0 radical (unpaired) electrons. The van der Waals surface area contributed by atoms with Gasteiger partial charge in [-0.1, -0.05) is 45.4 Å². The Morgan fingerprint density at radius 1 is 1.17 bits per heavy atom. The number of aryl methyl sites for hydroxylation is 2. The van der Waals surface area contributed by atoms with Crippen LogP contribution in [0, 0.1) is 5.92 Å². The average molecular weight is 496 g/mol. The second kappa shape index (κ2) is 10.9. The number of ether oxygens (including phenoxy) is 1. The molecule has 2 aromatic heterocycles. The number of esters is 1. The van der Waals surface area contributed by atoms with Crippen molar-refractivity contribution < 1.29 is 14.3 Å². The number of carbonyl (C=O) groups excluding carboxylic acids is 2. The molecule has 1 amide bonds. The molecule has 0 bridgehead atoms. The van der Waals surface area contributed by atoms with Gasteiger partial charge in [-0.3, -0.25) is 23.9 Å². The van der Waals surface area contributed by atoms with Crippen LogP contribution >= 0.6 is 0 Å². The van der Waals surface area contributed by atoms with Crippen LogP contribution < -0.4 is 16.1 Å². The molecule has 0 spiro atoms. The van der Waals surface area contributed by atoms with Crippen molar-refractivity contribution in [2.45, 2.75) is 66.0 Å². The van der Waals surface area contributed by atoms with Crippen molar-refractivity contribution in [3.63, 3.8) is 0 Å². The van der Waals surface area contributed by atoms with E-state index in [-0.39, 0.29) is 31.3 Å². The second-order valence-corrected chi connectivity index (χ2v) is 9.55. The van der Waals surface area contributed by atoms with Gasteiger partial charge in [0.05, 0.1) is 6.42 Å². The average Bonchev–Trinajstić information content (AvgIpc) is 3.43. The van der Waals surface area contributed by atoms with Crippen LogP contribution in [0.15, 0.2) is 33.9 Å². The fourth-order valence-corrected chi connectivity index (χ4v) is 4.60. The molecule has 10 nitrogen and oxygen atoms in total. The third-order valence-electron chi connectivity index (χ3n) is 6.35. The van der Waals surface area contributed by atoms with E-state index in [1.807, 2.05) is 45.0 Å². The first-order chi connectivity index (χ1) is 17.3. The number of aromatic amines is 1. The standard InChI is InChI=1S/C26H33N5O5/c1-4-5-13-30-24-23(25(34)28-26(30)35)31(15-17(2)3)20(27-24)10-11-22(33)36-16-21(32)29-14-12-18-8-6-7-9-19(18)29/h6-9,17H,4-5,10-16H2,1-3H3,(H,28,34,35). The molecule has 4 rings (SSSR count). The third kappa shape index (κ3) is 5.27. The molecular weight excluding hydrogens is 462 g/mol. The van der Waals surface area contributed by atoms with Crippen LogP contribution in [0.5, 0.6) is 0 Å². The molecule has 3 aromatic rings. The summed E-state index contributed by atoms with van der Waals surface area (Å²) < 4.78 is 8.56. The molecule has 1 aliphatic heterocycles. The van der Waals surface area contributed by atoms with E-state index in [1.165, 1.54) is 4.57 Å². The van der Waals surface area contributed by atoms with E-state index in [2.05, 4.69) is 9.97 Å². The molecule has 0 saturated heterocycles. The molecule has 1 aromatic carbocycles. The summed E-state index contributed by atoms with van der Waals surface area (Å²) in [6.07, 6.45) is 2.67. The van der Waals surface area contributed by atoms with Gasteiger partial charge in [0.15, 0.2) is 17.8 Å². The highest BCUT2D eigenvalue weighted by Crippen LogP contribution is 2.27. The molecule has 0 atom stereocenters. The fraction of sp³-hybridized carbons (Fsp3) is 0.500. The molecule has 1 aliphatic rings. The maximum absolute atomic E-state index is 12.7. The van der Waals surface area contributed by atoms with Crippen molar-refractivity contribution in [2.24, 2.45) is 5.92 Å². The van der Waals surface area contributed by atoms with Crippen LogP contribution in [-0.2, 0) is 40.3 Å². The number of imidazole rings is 1. The van der Waals surface area contributed by atoms with Crippen LogP contribution in [0.4, 0.5) is 5.69 Å². The summed E-state index contributed by atoms with van der Waals surface area (Å²) in [6.45, 7) is 7.28. The van der Waals surface area contributed by atoms with E-state index in [0.29, 0.717) is 36.6 Å². The summed E-state index contributed by atoms with van der Waals surface area (Å²) in [5, 5.41) is 0. The molecule has 1 N–H and O–H groups in total. The number of unbranched alkanes of at least 4 members (excludes halogenated alkanes) is 1. The minimum absolute atomic E-state index is 0.00236. The van der Waals surface area contributed by atoms with Gasteiger partial charge < -0.3 is 14.2 Å². The van der Waals surface area contributed by atoms with Crippen LogP contribution in [0.25, 0.3) is 11.2 Å². The van der Waals surface area contributed by atoms with E-state index in [1.54, 1.807) is 9.47 Å². The van der Waals surface area contributed by atoms with Crippen LogP contribution in [0.2, 0.25) is 0 Å². The lowest BCUT2D eigenvalue weighted by Gasteiger charge is -2.17. The van der Waals surface area contributed by atoms with Crippen molar-refractivity contribution in [2.75, 3.05) is 18.1 Å². The monoisotopic (exact) mass is 495 g/mol. The van der Waals surface area contributed by atoms with Crippen molar-refractivity contribution >= 4 is 28.7 Å². The first-order valence-electron chi connectivity index (χ1n) is 12.6. The molecule has 3 heterocycles. The Kier molecular flexibility index (Phi) is 7.71. The van der Waals surface area contributed by atoms with Crippen LogP contribution in [0.3, 0.4) is 0 Å². The minimum atomic E-state index is -0.517. The van der Waals surface area contributed by atoms with Crippen LogP contribution in [0.1, 0.15) is 51.4 Å². The zero-order valence-electron chi connectivity index (χ0n) is 21.1. The lowest BCUT2D eigenvalue weighted by Crippen LogP contribution is -2.33. The number of amides is 1. The van der Waals surface area contributed by atoms with Gasteiger partial charge in [0.2, 0.25) is 0 Å². The highest BCUT2D eigenvalue weighted by atomic mass is 16.5. The topological polar surface area (TPSA) is 119 Å². The zero-order chi connectivity index (χ0) is 25.8. The maximum Gasteiger partial charge on any atom is 0.330 e. The van der Waals surface area contributed by atoms with Gasteiger partial charge in [0.25, 0.3) is 11.5 Å². The smallest absolute Gasteiger partial charge is 0.330 e. The molecule has 192 valence electrons. The van der Waals surface area contributed by atoms with Gasteiger partial charge in [0.1, 0.15) is 5.82 Å². The lowest BCUT2D eigenvalue weighted by atomic mass is 10.2. The van der Waals surface area contributed by atoms with Gasteiger partial charge >= 0.3 is 11.7 Å². The Morgan fingerprint density at radius 3 is 2.69 bits per heavy atom.